The molecule has 13 heavy (non-hydrogen) atoms. The molecule has 0 saturated carbocycles. The lowest BCUT2D eigenvalue weighted by Gasteiger charge is -2.22. The Morgan fingerprint density at radius 2 is 2.15 bits per heavy atom. The molecule has 0 spiro atoms. The van der Waals surface area contributed by atoms with Crippen molar-refractivity contribution in [1.82, 2.24) is 0 Å². The molecular formula is C10H13ClN2. The van der Waals surface area contributed by atoms with Crippen molar-refractivity contribution in [2.75, 3.05) is 5.73 Å². The van der Waals surface area contributed by atoms with Gasteiger partial charge in [-0.15, -0.1) is 0 Å². The maximum Gasteiger partial charge on any atom is 0.0638 e. The van der Waals surface area contributed by atoms with Crippen LogP contribution < -0.4 is 11.5 Å². The normalized spacial score (nSPS) is 21.2. The van der Waals surface area contributed by atoms with Crippen molar-refractivity contribution < 1.29 is 0 Å². The van der Waals surface area contributed by atoms with E-state index in [0.717, 1.165) is 19.3 Å². The average molecular weight is 197 g/mol. The number of benzene rings is 1. The minimum atomic E-state index is 0.142. The van der Waals surface area contributed by atoms with Crippen molar-refractivity contribution in [1.29, 1.82) is 0 Å². The van der Waals surface area contributed by atoms with Gasteiger partial charge in [-0.25, -0.2) is 0 Å². The highest BCUT2D eigenvalue weighted by atomic mass is 35.5. The molecule has 2 nitrogen and oxygen atoms in total. The molecule has 0 aliphatic heterocycles. The summed E-state index contributed by atoms with van der Waals surface area (Å²) in [6.45, 7) is 0. The number of halogens is 1. The van der Waals surface area contributed by atoms with E-state index in [0.29, 0.717) is 10.7 Å². The molecule has 0 amide bonds. The largest absolute Gasteiger partial charge is 0.398 e. The maximum absolute atomic E-state index is 5.97. The van der Waals surface area contributed by atoms with Crippen LogP contribution in [0.5, 0.6) is 0 Å². The minimum absolute atomic E-state index is 0.142. The second-order valence-corrected chi connectivity index (χ2v) is 3.98. The standard InChI is InChI=1S/C10H13ClN2/c11-8-4-6-2-1-3-9(12)7(6)5-10(8)13/h4-5,9H,1-3,12-13H2/t9-/m1/s1. The smallest absolute Gasteiger partial charge is 0.0638 e. The molecule has 0 saturated heterocycles. The van der Waals surface area contributed by atoms with Gasteiger partial charge in [0.15, 0.2) is 0 Å². The van der Waals surface area contributed by atoms with Crippen LogP contribution in [0.2, 0.25) is 5.02 Å². The SMILES string of the molecule is Nc1cc2c(cc1Cl)CCC[C@H]2N. The van der Waals surface area contributed by atoms with Gasteiger partial charge in [0.2, 0.25) is 0 Å². The van der Waals surface area contributed by atoms with Crippen LogP contribution in [-0.2, 0) is 6.42 Å². The van der Waals surface area contributed by atoms with Gasteiger partial charge in [-0.1, -0.05) is 11.6 Å². The van der Waals surface area contributed by atoms with Crippen LogP contribution in [0.3, 0.4) is 0 Å². The van der Waals surface area contributed by atoms with E-state index in [2.05, 4.69) is 0 Å². The van der Waals surface area contributed by atoms with Crippen LogP contribution in [0.25, 0.3) is 0 Å². The molecule has 70 valence electrons. The Kier molecular flexibility index (Phi) is 2.18. The first-order chi connectivity index (χ1) is 6.18. The summed E-state index contributed by atoms with van der Waals surface area (Å²) in [5.41, 5.74) is 14.8. The Bertz CT molecular complexity index is 336. The average Bonchev–Trinajstić information content (AvgIpc) is 2.09. The van der Waals surface area contributed by atoms with Crippen molar-refractivity contribution in [3.05, 3.63) is 28.3 Å². The van der Waals surface area contributed by atoms with Crippen molar-refractivity contribution in [3.63, 3.8) is 0 Å². The first-order valence-electron chi connectivity index (χ1n) is 4.52. The Hall–Kier alpha value is -0.730. The molecule has 4 N–H and O–H groups in total. The molecule has 1 aliphatic rings. The van der Waals surface area contributed by atoms with E-state index in [9.17, 15) is 0 Å². The molecule has 0 heterocycles. The minimum Gasteiger partial charge on any atom is -0.398 e. The molecule has 0 unspecified atom stereocenters. The Morgan fingerprint density at radius 1 is 1.38 bits per heavy atom. The number of hydrogen-bond donors (Lipinski definition) is 2. The first-order valence-corrected chi connectivity index (χ1v) is 4.89. The van der Waals surface area contributed by atoms with Gasteiger partial charge < -0.3 is 11.5 Å². The van der Waals surface area contributed by atoms with Crippen molar-refractivity contribution in [2.45, 2.75) is 25.3 Å². The van der Waals surface area contributed by atoms with Crippen LogP contribution in [0.1, 0.15) is 30.0 Å². The monoisotopic (exact) mass is 196 g/mol. The molecule has 1 aliphatic carbocycles. The van der Waals surface area contributed by atoms with E-state index in [1.165, 1.54) is 11.1 Å². The van der Waals surface area contributed by atoms with Gasteiger partial charge in [0.25, 0.3) is 0 Å². The molecule has 1 aromatic carbocycles. The number of anilines is 1. The Balaban J connectivity index is 2.52. The molecule has 0 radical (unpaired) electrons. The number of aryl methyl sites for hydroxylation is 1. The van der Waals surface area contributed by atoms with Crippen molar-refractivity contribution >= 4 is 17.3 Å². The highest BCUT2D eigenvalue weighted by molar-refractivity contribution is 6.33. The summed E-state index contributed by atoms with van der Waals surface area (Å²) < 4.78 is 0. The second-order valence-electron chi connectivity index (χ2n) is 3.57. The van der Waals surface area contributed by atoms with E-state index < -0.39 is 0 Å². The zero-order chi connectivity index (χ0) is 9.42. The molecule has 0 fully saturated rings. The zero-order valence-electron chi connectivity index (χ0n) is 7.39. The predicted molar refractivity (Wildman–Crippen MR) is 55.7 cm³/mol. The molecule has 1 aromatic rings. The highest BCUT2D eigenvalue weighted by Gasteiger charge is 2.17. The van der Waals surface area contributed by atoms with Gasteiger partial charge >= 0.3 is 0 Å². The number of hydrogen-bond acceptors (Lipinski definition) is 2. The lowest BCUT2D eigenvalue weighted by molar-refractivity contribution is 0.571. The summed E-state index contributed by atoms with van der Waals surface area (Å²) >= 11 is 5.93. The van der Waals surface area contributed by atoms with Gasteiger partial charge in [0.1, 0.15) is 0 Å². The van der Waals surface area contributed by atoms with E-state index in [1.54, 1.807) is 0 Å². The van der Waals surface area contributed by atoms with Crippen LogP contribution in [0.15, 0.2) is 12.1 Å². The quantitative estimate of drug-likeness (QED) is 0.626. The Labute approximate surface area is 82.9 Å². The third kappa shape index (κ3) is 1.52. The van der Waals surface area contributed by atoms with Crippen LogP contribution >= 0.6 is 11.6 Å². The summed E-state index contributed by atoms with van der Waals surface area (Å²) in [5.74, 6) is 0. The maximum atomic E-state index is 5.97. The van der Waals surface area contributed by atoms with Gasteiger partial charge in [-0.3, -0.25) is 0 Å². The van der Waals surface area contributed by atoms with E-state index in [4.69, 9.17) is 23.1 Å². The van der Waals surface area contributed by atoms with Crippen LogP contribution in [0, 0.1) is 0 Å². The summed E-state index contributed by atoms with van der Waals surface area (Å²) in [7, 11) is 0. The topological polar surface area (TPSA) is 52.0 Å². The van der Waals surface area contributed by atoms with E-state index >= 15 is 0 Å². The second kappa shape index (κ2) is 3.20. The number of nitrogen functional groups attached to an aromatic ring is 1. The molecule has 0 bridgehead atoms. The van der Waals surface area contributed by atoms with Gasteiger partial charge in [-0.2, -0.15) is 0 Å². The summed E-state index contributed by atoms with van der Waals surface area (Å²) in [5, 5.41) is 0.646. The number of rotatable bonds is 0. The van der Waals surface area contributed by atoms with E-state index in [-0.39, 0.29) is 6.04 Å². The summed E-state index contributed by atoms with van der Waals surface area (Å²) in [4.78, 5) is 0. The molecular weight excluding hydrogens is 184 g/mol. The van der Waals surface area contributed by atoms with Gasteiger partial charge in [-0.05, 0) is 42.5 Å². The third-order valence-corrected chi connectivity index (χ3v) is 2.95. The number of nitrogens with two attached hydrogens (primary N) is 2. The van der Waals surface area contributed by atoms with Gasteiger partial charge in [0.05, 0.1) is 10.7 Å². The lowest BCUT2D eigenvalue weighted by atomic mass is 9.88. The third-order valence-electron chi connectivity index (χ3n) is 2.62. The summed E-state index contributed by atoms with van der Waals surface area (Å²) in [6.07, 6.45) is 3.27. The van der Waals surface area contributed by atoms with Crippen LogP contribution in [-0.4, -0.2) is 0 Å². The fourth-order valence-corrected chi connectivity index (χ4v) is 2.06. The predicted octanol–water partition coefficient (Wildman–Crippen LogP) is 2.26. The molecule has 2 rings (SSSR count). The zero-order valence-corrected chi connectivity index (χ0v) is 8.14. The molecule has 0 aromatic heterocycles. The fourth-order valence-electron chi connectivity index (χ4n) is 1.88. The van der Waals surface area contributed by atoms with Crippen LogP contribution in [0.4, 0.5) is 5.69 Å². The van der Waals surface area contributed by atoms with Gasteiger partial charge in [0, 0.05) is 6.04 Å². The molecule has 1 atom stereocenters. The number of fused-ring (bicyclic) bond motifs is 1. The first kappa shape index (κ1) is 8.85. The summed E-state index contributed by atoms with van der Waals surface area (Å²) in [6, 6.07) is 4.01. The fraction of sp³-hybridized carbons (Fsp3) is 0.400. The van der Waals surface area contributed by atoms with Crippen molar-refractivity contribution in [2.24, 2.45) is 5.73 Å². The highest BCUT2D eigenvalue weighted by Crippen LogP contribution is 2.33. The molecule has 3 heteroatoms. The van der Waals surface area contributed by atoms with E-state index in [1.807, 2.05) is 12.1 Å². The Morgan fingerprint density at radius 3 is 2.92 bits per heavy atom. The lowest BCUT2D eigenvalue weighted by Crippen LogP contribution is -2.17. The van der Waals surface area contributed by atoms with Crippen molar-refractivity contribution in [3.8, 4) is 0 Å².